The topological polar surface area (TPSA) is 0 Å². The van der Waals surface area contributed by atoms with Gasteiger partial charge in [0, 0.05) is 0 Å². The zero-order valence-corrected chi connectivity index (χ0v) is 11.2. The molecule has 0 saturated carbocycles. The van der Waals surface area contributed by atoms with Crippen LogP contribution >= 0.6 is 0 Å². The van der Waals surface area contributed by atoms with Gasteiger partial charge in [-0.25, -0.2) is 0 Å². The lowest BCUT2D eigenvalue weighted by Crippen LogP contribution is -1.89. The van der Waals surface area contributed by atoms with Gasteiger partial charge in [-0.1, -0.05) is 90.7 Å². The summed E-state index contributed by atoms with van der Waals surface area (Å²) in [6.45, 7) is 4.58. The summed E-state index contributed by atoms with van der Waals surface area (Å²) in [7, 11) is 1.48. The van der Waals surface area contributed by atoms with Gasteiger partial charge >= 0.3 is 0 Å². The highest BCUT2D eigenvalue weighted by atomic mass is 13.9. The molecule has 90 valence electrons. The number of rotatable bonds is 12. The molecule has 0 N–H and O–H groups in total. The van der Waals surface area contributed by atoms with Gasteiger partial charge in [0.1, 0.15) is 7.28 Å². The summed E-state index contributed by atoms with van der Waals surface area (Å²) in [5, 5.41) is 0. The predicted molar refractivity (Wildman–Crippen MR) is 74.3 cm³/mol. The van der Waals surface area contributed by atoms with E-state index in [4.69, 9.17) is 0 Å². The molecule has 0 nitrogen and oxygen atoms in total. The first-order valence-corrected chi connectivity index (χ1v) is 7.41. The Hall–Kier alpha value is 0.0649. The van der Waals surface area contributed by atoms with Crippen molar-refractivity contribution in [2.45, 2.75) is 90.7 Å². The van der Waals surface area contributed by atoms with Gasteiger partial charge in [0.2, 0.25) is 0 Å². The van der Waals surface area contributed by atoms with Gasteiger partial charge in [0.25, 0.3) is 0 Å². The molecule has 0 saturated heterocycles. The Balaban J connectivity index is 2.81. The second-order valence-electron chi connectivity index (χ2n) is 4.89. The van der Waals surface area contributed by atoms with E-state index in [1.54, 1.807) is 0 Å². The van der Waals surface area contributed by atoms with Gasteiger partial charge in [-0.15, -0.1) is 0 Å². The van der Waals surface area contributed by atoms with E-state index in [1.807, 2.05) is 0 Å². The molecule has 1 heteroatoms. The molecule has 0 bridgehead atoms. The van der Waals surface area contributed by atoms with Gasteiger partial charge in [-0.2, -0.15) is 0 Å². The van der Waals surface area contributed by atoms with Crippen LogP contribution in [0.2, 0.25) is 12.6 Å². The van der Waals surface area contributed by atoms with E-state index in [1.165, 1.54) is 84.1 Å². The van der Waals surface area contributed by atoms with Gasteiger partial charge in [-0.05, 0) is 0 Å². The molecule has 0 fully saturated rings. The third kappa shape index (κ3) is 14.1. The monoisotopic (exact) mass is 210 g/mol. The standard InChI is InChI=1S/C14H31B/c1-3-5-7-9-10-12-14-15-13-11-8-6-4-2/h15H,3-14H2,1-2H3. The highest BCUT2D eigenvalue weighted by Crippen LogP contribution is 2.09. The fourth-order valence-corrected chi connectivity index (χ4v) is 2.09. The lowest BCUT2D eigenvalue weighted by molar-refractivity contribution is 0.623. The molecule has 0 aromatic carbocycles. The van der Waals surface area contributed by atoms with Gasteiger partial charge < -0.3 is 0 Å². The smallest absolute Gasteiger partial charge is 0.0774 e. The van der Waals surface area contributed by atoms with E-state index in [-0.39, 0.29) is 0 Å². The lowest BCUT2D eigenvalue weighted by atomic mass is 9.68. The van der Waals surface area contributed by atoms with Crippen LogP contribution in [0.4, 0.5) is 0 Å². The summed E-state index contributed by atoms with van der Waals surface area (Å²) in [4.78, 5) is 0. The summed E-state index contributed by atoms with van der Waals surface area (Å²) in [5.41, 5.74) is 0. The summed E-state index contributed by atoms with van der Waals surface area (Å²) in [5.74, 6) is 0. The van der Waals surface area contributed by atoms with Crippen molar-refractivity contribution in [3.63, 3.8) is 0 Å². The van der Waals surface area contributed by atoms with Crippen molar-refractivity contribution >= 4 is 7.28 Å². The van der Waals surface area contributed by atoms with Gasteiger partial charge in [0.05, 0.1) is 0 Å². The first-order valence-electron chi connectivity index (χ1n) is 7.41. The van der Waals surface area contributed by atoms with E-state index in [2.05, 4.69) is 13.8 Å². The molecule has 0 atom stereocenters. The maximum atomic E-state index is 2.29. The summed E-state index contributed by atoms with van der Waals surface area (Å²) in [6, 6.07) is 0. The molecule has 0 aliphatic rings. The molecule has 0 amide bonds. The molecule has 0 spiro atoms. The number of hydrogen-bond donors (Lipinski definition) is 0. The van der Waals surface area contributed by atoms with Crippen LogP contribution in [0.3, 0.4) is 0 Å². The molecule has 0 aliphatic carbocycles. The quantitative estimate of drug-likeness (QED) is 0.307. The van der Waals surface area contributed by atoms with Gasteiger partial charge in [-0.3, -0.25) is 0 Å². The Morgan fingerprint density at radius 1 is 0.533 bits per heavy atom. The average molecular weight is 210 g/mol. The summed E-state index contributed by atoms with van der Waals surface area (Å²) < 4.78 is 0. The number of hydrogen-bond acceptors (Lipinski definition) is 0. The molecule has 0 aromatic rings. The van der Waals surface area contributed by atoms with E-state index in [9.17, 15) is 0 Å². The first-order chi connectivity index (χ1) is 7.41. The third-order valence-corrected chi connectivity index (χ3v) is 3.21. The molecule has 0 heterocycles. The average Bonchev–Trinajstić information content (AvgIpc) is 2.26. The normalized spacial score (nSPS) is 10.5. The first kappa shape index (κ1) is 15.1. The highest BCUT2D eigenvalue weighted by Gasteiger charge is 1.93. The summed E-state index contributed by atoms with van der Waals surface area (Å²) >= 11 is 0. The van der Waals surface area contributed by atoms with Crippen molar-refractivity contribution in [2.24, 2.45) is 0 Å². The lowest BCUT2D eigenvalue weighted by Gasteiger charge is -2.00. The Morgan fingerprint density at radius 3 is 1.47 bits per heavy atom. The molecule has 0 aliphatic heterocycles. The molecule has 0 rings (SSSR count). The molecule has 0 aromatic heterocycles. The van der Waals surface area contributed by atoms with Crippen molar-refractivity contribution in [1.29, 1.82) is 0 Å². The fourth-order valence-electron chi connectivity index (χ4n) is 2.09. The minimum Gasteiger partial charge on any atom is -0.0774 e. The van der Waals surface area contributed by atoms with E-state index in [0.29, 0.717) is 0 Å². The van der Waals surface area contributed by atoms with Crippen LogP contribution in [-0.2, 0) is 0 Å². The Labute approximate surface area is 98.5 Å². The van der Waals surface area contributed by atoms with E-state index in [0.717, 1.165) is 0 Å². The molecule has 0 radical (unpaired) electrons. The zero-order valence-electron chi connectivity index (χ0n) is 11.2. The van der Waals surface area contributed by atoms with E-state index < -0.39 is 0 Å². The molecular formula is C14H31B. The van der Waals surface area contributed by atoms with Crippen LogP contribution in [0, 0.1) is 0 Å². The van der Waals surface area contributed by atoms with Crippen molar-refractivity contribution in [1.82, 2.24) is 0 Å². The largest absolute Gasteiger partial charge is 0.120 e. The van der Waals surface area contributed by atoms with Crippen LogP contribution in [0.5, 0.6) is 0 Å². The second kappa shape index (κ2) is 14.1. The van der Waals surface area contributed by atoms with Crippen molar-refractivity contribution in [3.05, 3.63) is 0 Å². The van der Waals surface area contributed by atoms with Gasteiger partial charge in [0.15, 0.2) is 0 Å². The summed E-state index contributed by atoms with van der Waals surface area (Å²) in [6.07, 6.45) is 17.4. The van der Waals surface area contributed by atoms with Crippen molar-refractivity contribution < 1.29 is 0 Å². The zero-order chi connectivity index (χ0) is 11.2. The van der Waals surface area contributed by atoms with Crippen LogP contribution in [0.1, 0.15) is 78.1 Å². The highest BCUT2D eigenvalue weighted by molar-refractivity contribution is 6.35. The Bertz CT molecular complexity index is 89.5. The predicted octanol–water partition coefficient (Wildman–Crippen LogP) is 5.20. The van der Waals surface area contributed by atoms with E-state index >= 15 is 0 Å². The van der Waals surface area contributed by atoms with Crippen LogP contribution in [-0.4, -0.2) is 7.28 Å². The minimum absolute atomic E-state index is 1.37. The van der Waals surface area contributed by atoms with Crippen molar-refractivity contribution in [3.8, 4) is 0 Å². The Morgan fingerprint density at radius 2 is 0.933 bits per heavy atom. The SMILES string of the molecule is CCCCCCBCCCCCCCC. The molecular weight excluding hydrogens is 179 g/mol. The Kier molecular flexibility index (Phi) is 14.1. The van der Waals surface area contributed by atoms with Crippen LogP contribution in [0.25, 0.3) is 0 Å². The number of unbranched alkanes of at least 4 members (excludes halogenated alkanes) is 8. The second-order valence-corrected chi connectivity index (χ2v) is 4.89. The third-order valence-electron chi connectivity index (χ3n) is 3.21. The van der Waals surface area contributed by atoms with Crippen molar-refractivity contribution in [2.75, 3.05) is 0 Å². The minimum atomic E-state index is 1.37. The molecule has 0 unspecified atom stereocenters. The van der Waals surface area contributed by atoms with Crippen LogP contribution in [0.15, 0.2) is 0 Å². The maximum absolute atomic E-state index is 2.29. The maximum Gasteiger partial charge on any atom is 0.120 e. The fraction of sp³-hybridized carbons (Fsp3) is 1.00. The molecule has 15 heavy (non-hydrogen) atoms. The van der Waals surface area contributed by atoms with Crippen LogP contribution < -0.4 is 0 Å².